The fourth-order valence-electron chi connectivity index (χ4n) is 3.59. The largest absolute Gasteiger partial charge is 0.376 e. The summed E-state index contributed by atoms with van der Waals surface area (Å²) in [5.74, 6) is 0. The summed E-state index contributed by atoms with van der Waals surface area (Å²) in [6, 6.07) is 0.0776. The summed E-state index contributed by atoms with van der Waals surface area (Å²) in [5, 5.41) is 10.4. The predicted molar refractivity (Wildman–Crippen MR) is 88.3 cm³/mol. The predicted octanol–water partition coefficient (Wildman–Crippen LogP) is 2.78. The van der Waals surface area contributed by atoms with E-state index in [4.69, 9.17) is 4.74 Å². The van der Waals surface area contributed by atoms with Gasteiger partial charge in [-0.05, 0) is 50.5 Å². The minimum atomic E-state index is 0.0217. The van der Waals surface area contributed by atoms with Gasteiger partial charge in [0.1, 0.15) is 0 Å². The van der Waals surface area contributed by atoms with Gasteiger partial charge in [0.15, 0.2) is 0 Å². The number of aromatic amines is 1. The van der Waals surface area contributed by atoms with Crippen LogP contribution in [0.5, 0.6) is 0 Å². The molecule has 1 aromatic heterocycles. The van der Waals surface area contributed by atoms with Crippen molar-refractivity contribution in [2.75, 3.05) is 19.7 Å². The molecule has 23 heavy (non-hydrogen) atoms. The number of nitrogens with one attached hydrogen (secondary N) is 2. The number of carbonyl (C=O) groups excluding carboxylic acids is 1. The average molecular weight is 320 g/mol. The number of H-pyrrole nitrogens is 1. The van der Waals surface area contributed by atoms with Gasteiger partial charge in [-0.2, -0.15) is 5.10 Å². The molecule has 2 aliphatic rings. The Morgan fingerprint density at radius 3 is 3.13 bits per heavy atom. The molecule has 2 heterocycles. The van der Waals surface area contributed by atoms with E-state index in [0.29, 0.717) is 6.54 Å². The molecule has 2 unspecified atom stereocenters. The average Bonchev–Trinajstić information content (AvgIpc) is 3.05. The molecule has 6 nitrogen and oxygen atoms in total. The zero-order chi connectivity index (χ0) is 16.1. The SMILES string of the molecule is CCCN(CC1CCCCO1)C(=O)NC1CCCc2cn[nH]c21. The molecule has 6 heteroatoms. The number of amides is 2. The fraction of sp³-hybridized carbons (Fsp3) is 0.765. The van der Waals surface area contributed by atoms with Gasteiger partial charge in [0, 0.05) is 19.7 Å². The third kappa shape index (κ3) is 4.05. The highest BCUT2D eigenvalue weighted by molar-refractivity contribution is 5.74. The molecule has 0 spiro atoms. The van der Waals surface area contributed by atoms with Crippen molar-refractivity contribution in [1.82, 2.24) is 20.4 Å². The molecular weight excluding hydrogens is 292 g/mol. The number of carbonyl (C=O) groups is 1. The Hall–Kier alpha value is -1.56. The zero-order valence-electron chi connectivity index (χ0n) is 14.0. The highest BCUT2D eigenvalue weighted by atomic mass is 16.5. The van der Waals surface area contributed by atoms with Crippen molar-refractivity contribution in [2.24, 2.45) is 0 Å². The van der Waals surface area contributed by atoms with Crippen molar-refractivity contribution in [3.05, 3.63) is 17.5 Å². The molecule has 1 fully saturated rings. The summed E-state index contributed by atoms with van der Waals surface area (Å²) in [7, 11) is 0. The number of nitrogens with zero attached hydrogens (tertiary/aromatic N) is 2. The van der Waals surface area contributed by atoms with Crippen LogP contribution in [0.15, 0.2) is 6.20 Å². The summed E-state index contributed by atoms with van der Waals surface area (Å²) in [4.78, 5) is 14.6. The lowest BCUT2D eigenvalue weighted by Crippen LogP contribution is -2.46. The van der Waals surface area contributed by atoms with Crippen LogP contribution in [0, 0.1) is 0 Å². The van der Waals surface area contributed by atoms with Crippen molar-refractivity contribution >= 4 is 6.03 Å². The Morgan fingerprint density at radius 1 is 1.43 bits per heavy atom. The number of aromatic nitrogens is 2. The highest BCUT2D eigenvalue weighted by Gasteiger charge is 2.27. The van der Waals surface area contributed by atoms with Gasteiger partial charge in [0.05, 0.1) is 24.0 Å². The number of fused-ring (bicyclic) bond motifs is 1. The molecule has 2 atom stereocenters. The Morgan fingerprint density at radius 2 is 2.35 bits per heavy atom. The van der Waals surface area contributed by atoms with Gasteiger partial charge in [0.25, 0.3) is 0 Å². The van der Waals surface area contributed by atoms with E-state index in [-0.39, 0.29) is 18.2 Å². The lowest BCUT2D eigenvalue weighted by atomic mass is 9.94. The molecular formula is C17H28N4O2. The summed E-state index contributed by atoms with van der Waals surface area (Å²) in [6.45, 7) is 4.40. The lowest BCUT2D eigenvalue weighted by molar-refractivity contribution is 0.000493. The first-order chi connectivity index (χ1) is 11.3. The first kappa shape index (κ1) is 16.3. The zero-order valence-corrected chi connectivity index (χ0v) is 14.0. The third-order valence-corrected chi connectivity index (χ3v) is 4.82. The van der Waals surface area contributed by atoms with E-state index in [0.717, 1.165) is 57.4 Å². The van der Waals surface area contributed by atoms with E-state index in [2.05, 4.69) is 22.4 Å². The maximum Gasteiger partial charge on any atom is 0.318 e. The van der Waals surface area contributed by atoms with E-state index in [1.54, 1.807) is 0 Å². The van der Waals surface area contributed by atoms with Gasteiger partial charge in [-0.1, -0.05) is 6.92 Å². The standard InChI is InChI=1S/C17H28N4O2/c1-2-9-21(12-14-7-3-4-10-23-14)17(22)19-15-8-5-6-13-11-18-20-16(13)15/h11,14-15H,2-10,12H2,1H3,(H,18,20)(H,19,22). The lowest BCUT2D eigenvalue weighted by Gasteiger charge is -2.32. The van der Waals surface area contributed by atoms with E-state index in [1.165, 1.54) is 12.0 Å². The summed E-state index contributed by atoms with van der Waals surface area (Å²) >= 11 is 0. The Bertz CT molecular complexity index is 510. The molecule has 0 aromatic carbocycles. The normalized spacial score (nSPS) is 24.0. The van der Waals surface area contributed by atoms with Crippen molar-refractivity contribution in [2.45, 2.75) is 64.0 Å². The summed E-state index contributed by atoms with van der Waals surface area (Å²) < 4.78 is 5.80. The quantitative estimate of drug-likeness (QED) is 0.876. The molecule has 128 valence electrons. The van der Waals surface area contributed by atoms with Crippen molar-refractivity contribution < 1.29 is 9.53 Å². The monoisotopic (exact) mass is 320 g/mol. The van der Waals surface area contributed by atoms with Gasteiger partial charge >= 0.3 is 6.03 Å². The summed E-state index contributed by atoms with van der Waals surface area (Å²) in [6.07, 6.45) is 9.54. The maximum atomic E-state index is 12.7. The number of rotatable bonds is 5. The first-order valence-electron chi connectivity index (χ1n) is 8.97. The van der Waals surface area contributed by atoms with Crippen LogP contribution in [-0.2, 0) is 11.2 Å². The van der Waals surface area contributed by atoms with Gasteiger partial charge in [-0.25, -0.2) is 4.79 Å². The second kappa shape index (κ2) is 7.81. The van der Waals surface area contributed by atoms with Crippen LogP contribution in [0.2, 0.25) is 0 Å². The Balaban J connectivity index is 1.60. The molecule has 1 aromatic rings. The van der Waals surface area contributed by atoms with Gasteiger partial charge < -0.3 is 15.0 Å². The van der Waals surface area contributed by atoms with Crippen LogP contribution < -0.4 is 5.32 Å². The smallest absolute Gasteiger partial charge is 0.318 e. The summed E-state index contributed by atoms with van der Waals surface area (Å²) in [5.41, 5.74) is 2.31. The minimum absolute atomic E-state index is 0.0217. The van der Waals surface area contributed by atoms with Gasteiger partial charge in [-0.3, -0.25) is 5.10 Å². The second-order valence-corrected chi connectivity index (χ2v) is 6.64. The van der Waals surface area contributed by atoms with Gasteiger partial charge in [0.2, 0.25) is 0 Å². The third-order valence-electron chi connectivity index (χ3n) is 4.82. The maximum absolute atomic E-state index is 12.7. The van der Waals surface area contributed by atoms with Crippen molar-refractivity contribution in [3.8, 4) is 0 Å². The second-order valence-electron chi connectivity index (χ2n) is 6.64. The van der Waals surface area contributed by atoms with Crippen LogP contribution in [-0.4, -0.2) is 46.9 Å². The van der Waals surface area contributed by atoms with E-state index in [1.807, 2.05) is 11.1 Å². The fourth-order valence-corrected chi connectivity index (χ4v) is 3.59. The minimum Gasteiger partial charge on any atom is -0.376 e. The van der Waals surface area contributed by atoms with Crippen LogP contribution in [0.4, 0.5) is 4.79 Å². The Labute approximate surface area is 138 Å². The molecule has 0 radical (unpaired) electrons. The molecule has 2 amide bonds. The molecule has 0 bridgehead atoms. The first-order valence-corrected chi connectivity index (χ1v) is 8.97. The topological polar surface area (TPSA) is 70.2 Å². The van der Waals surface area contributed by atoms with Crippen molar-refractivity contribution in [1.29, 1.82) is 0 Å². The Kier molecular flexibility index (Phi) is 5.54. The molecule has 0 saturated carbocycles. The molecule has 1 aliphatic heterocycles. The number of urea groups is 1. The van der Waals surface area contributed by atoms with Crippen LogP contribution in [0.25, 0.3) is 0 Å². The van der Waals surface area contributed by atoms with Gasteiger partial charge in [-0.15, -0.1) is 0 Å². The van der Waals surface area contributed by atoms with Crippen LogP contribution >= 0.6 is 0 Å². The number of hydrogen-bond acceptors (Lipinski definition) is 3. The number of hydrogen-bond donors (Lipinski definition) is 2. The number of aryl methyl sites for hydroxylation is 1. The molecule has 3 rings (SSSR count). The molecule has 1 saturated heterocycles. The van der Waals surface area contributed by atoms with Crippen molar-refractivity contribution in [3.63, 3.8) is 0 Å². The van der Waals surface area contributed by atoms with E-state index < -0.39 is 0 Å². The van der Waals surface area contributed by atoms with Crippen LogP contribution in [0.3, 0.4) is 0 Å². The van der Waals surface area contributed by atoms with E-state index in [9.17, 15) is 4.79 Å². The number of ether oxygens (including phenoxy) is 1. The molecule has 2 N–H and O–H groups in total. The van der Waals surface area contributed by atoms with Crippen LogP contribution in [0.1, 0.15) is 62.7 Å². The highest BCUT2D eigenvalue weighted by Crippen LogP contribution is 2.27. The van der Waals surface area contributed by atoms with E-state index >= 15 is 0 Å². The molecule has 1 aliphatic carbocycles.